The van der Waals surface area contributed by atoms with Crippen LogP contribution in [0.1, 0.15) is 45.4 Å². The SMILES string of the molecule is CCCCNCCC(CC)Oc1ccc(-n2c(C)nc3cnc(OC)cc3c2=O)cc1. The van der Waals surface area contributed by atoms with Gasteiger partial charge in [-0.2, -0.15) is 0 Å². The van der Waals surface area contributed by atoms with E-state index in [0.717, 1.165) is 37.4 Å². The van der Waals surface area contributed by atoms with Gasteiger partial charge >= 0.3 is 0 Å². The molecule has 3 rings (SSSR count). The zero-order chi connectivity index (χ0) is 22.2. The van der Waals surface area contributed by atoms with Crippen LogP contribution >= 0.6 is 0 Å². The number of methoxy groups -OCH3 is 1. The monoisotopic (exact) mass is 424 g/mol. The van der Waals surface area contributed by atoms with Gasteiger partial charge in [-0.3, -0.25) is 9.36 Å². The molecule has 31 heavy (non-hydrogen) atoms. The minimum absolute atomic E-state index is 0.151. The van der Waals surface area contributed by atoms with Crippen LogP contribution in [0.2, 0.25) is 0 Å². The summed E-state index contributed by atoms with van der Waals surface area (Å²) in [5.41, 5.74) is 1.15. The molecule has 1 N–H and O–H groups in total. The summed E-state index contributed by atoms with van der Waals surface area (Å²) in [6.07, 6.45) is 6.03. The highest BCUT2D eigenvalue weighted by Gasteiger charge is 2.13. The number of aromatic nitrogens is 3. The number of hydrogen-bond donors (Lipinski definition) is 1. The van der Waals surface area contributed by atoms with Crippen LogP contribution in [0.15, 0.2) is 41.3 Å². The Morgan fingerprint density at radius 2 is 1.94 bits per heavy atom. The third-order valence-corrected chi connectivity index (χ3v) is 5.31. The molecule has 166 valence electrons. The van der Waals surface area contributed by atoms with Crippen molar-refractivity contribution in [2.24, 2.45) is 0 Å². The molecule has 0 amide bonds. The van der Waals surface area contributed by atoms with Crippen LogP contribution in [0.3, 0.4) is 0 Å². The Labute approximate surface area is 183 Å². The molecule has 0 saturated carbocycles. The zero-order valence-electron chi connectivity index (χ0n) is 18.9. The summed E-state index contributed by atoms with van der Waals surface area (Å²) in [5.74, 6) is 1.79. The molecule has 2 heterocycles. The largest absolute Gasteiger partial charge is 0.490 e. The van der Waals surface area contributed by atoms with E-state index in [1.54, 1.807) is 16.8 Å². The maximum Gasteiger partial charge on any atom is 0.266 e. The first kappa shape index (κ1) is 22.7. The van der Waals surface area contributed by atoms with Crippen molar-refractivity contribution in [1.29, 1.82) is 0 Å². The molecule has 7 nitrogen and oxygen atoms in total. The summed E-state index contributed by atoms with van der Waals surface area (Å²) in [5, 5.41) is 3.94. The Bertz CT molecular complexity index is 1050. The number of rotatable bonds is 11. The number of nitrogens with one attached hydrogen (secondary N) is 1. The molecule has 2 aromatic heterocycles. The van der Waals surface area contributed by atoms with Gasteiger partial charge in [-0.25, -0.2) is 9.97 Å². The first-order valence-electron chi connectivity index (χ1n) is 11.0. The molecule has 0 bridgehead atoms. The van der Waals surface area contributed by atoms with Gasteiger partial charge in [0.25, 0.3) is 5.56 Å². The minimum atomic E-state index is -0.151. The highest BCUT2D eigenvalue weighted by atomic mass is 16.5. The van der Waals surface area contributed by atoms with E-state index in [4.69, 9.17) is 9.47 Å². The summed E-state index contributed by atoms with van der Waals surface area (Å²) in [4.78, 5) is 21.8. The average molecular weight is 425 g/mol. The molecule has 0 spiro atoms. The molecule has 1 unspecified atom stereocenters. The van der Waals surface area contributed by atoms with Gasteiger partial charge in [0.1, 0.15) is 11.6 Å². The Morgan fingerprint density at radius 1 is 1.16 bits per heavy atom. The number of unbranched alkanes of at least 4 members (excludes halogenated alkanes) is 1. The maximum absolute atomic E-state index is 13.1. The number of nitrogens with zero attached hydrogens (tertiary/aromatic N) is 3. The fraction of sp³-hybridized carbons (Fsp3) is 0.458. The van der Waals surface area contributed by atoms with Crippen molar-refractivity contribution < 1.29 is 9.47 Å². The number of fused-ring (bicyclic) bond motifs is 1. The molecule has 0 aliphatic heterocycles. The maximum atomic E-state index is 13.1. The van der Waals surface area contributed by atoms with Crippen molar-refractivity contribution in [2.45, 2.75) is 52.6 Å². The lowest BCUT2D eigenvalue weighted by Gasteiger charge is -2.18. The number of ether oxygens (including phenoxy) is 2. The van der Waals surface area contributed by atoms with Gasteiger partial charge in [0.05, 0.1) is 36.0 Å². The van der Waals surface area contributed by atoms with Crippen LogP contribution in [0.4, 0.5) is 0 Å². The summed E-state index contributed by atoms with van der Waals surface area (Å²) in [7, 11) is 1.53. The smallest absolute Gasteiger partial charge is 0.266 e. The van der Waals surface area contributed by atoms with E-state index in [1.165, 1.54) is 20.0 Å². The van der Waals surface area contributed by atoms with E-state index in [2.05, 4.69) is 29.1 Å². The Balaban J connectivity index is 1.76. The lowest BCUT2D eigenvalue weighted by Crippen LogP contribution is -2.25. The van der Waals surface area contributed by atoms with Crippen LogP contribution in [0, 0.1) is 6.92 Å². The van der Waals surface area contributed by atoms with Gasteiger partial charge < -0.3 is 14.8 Å². The average Bonchev–Trinajstić information content (AvgIpc) is 2.79. The quantitative estimate of drug-likeness (QED) is 0.468. The van der Waals surface area contributed by atoms with Crippen LogP contribution in [0.25, 0.3) is 16.6 Å². The molecule has 0 radical (unpaired) electrons. The van der Waals surface area contributed by atoms with E-state index in [1.807, 2.05) is 31.2 Å². The predicted octanol–water partition coefficient (Wildman–Crippen LogP) is 4.03. The second kappa shape index (κ2) is 10.9. The lowest BCUT2D eigenvalue weighted by atomic mass is 10.2. The third kappa shape index (κ3) is 5.61. The summed E-state index contributed by atoms with van der Waals surface area (Å²) in [6, 6.07) is 9.22. The zero-order valence-corrected chi connectivity index (χ0v) is 18.9. The topological polar surface area (TPSA) is 78.3 Å². The normalized spacial score (nSPS) is 12.1. The highest BCUT2D eigenvalue weighted by molar-refractivity contribution is 5.78. The molecule has 0 saturated heterocycles. The van der Waals surface area contributed by atoms with Crippen LogP contribution in [-0.2, 0) is 0 Å². The van der Waals surface area contributed by atoms with E-state index < -0.39 is 0 Å². The minimum Gasteiger partial charge on any atom is -0.490 e. The molecule has 0 fully saturated rings. The van der Waals surface area contributed by atoms with Crippen molar-refractivity contribution >= 4 is 10.9 Å². The molecule has 1 aromatic carbocycles. The number of hydrogen-bond acceptors (Lipinski definition) is 6. The molecule has 3 aromatic rings. The number of benzene rings is 1. The second-order valence-electron chi connectivity index (χ2n) is 7.58. The predicted molar refractivity (Wildman–Crippen MR) is 124 cm³/mol. The molecular weight excluding hydrogens is 392 g/mol. The number of aryl methyl sites for hydroxylation is 1. The first-order valence-corrected chi connectivity index (χ1v) is 11.0. The van der Waals surface area contributed by atoms with Crippen molar-refractivity contribution in [3.63, 3.8) is 0 Å². The Morgan fingerprint density at radius 3 is 2.61 bits per heavy atom. The van der Waals surface area contributed by atoms with Crippen LogP contribution < -0.4 is 20.3 Å². The van der Waals surface area contributed by atoms with Gasteiger partial charge in [0, 0.05) is 6.07 Å². The van der Waals surface area contributed by atoms with Gasteiger partial charge in [0.2, 0.25) is 5.88 Å². The summed E-state index contributed by atoms with van der Waals surface area (Å²) < 4.78 is 12.9. The molecular formula is C24H32N4O3. The number of pyridine rings is 1. The molecule has 0 aliphatic rings. The van der Waals surface area contributed by atoms with Crippen molar-refractivity contribution in [2.75, 3.05) is 20.2 Å². The van der Waals surface area contributed by atoms with E-state index in [-0.39, 0.29) is 11.7 Å². The van der Waals surface area contributed by atoms with Gasteiger partial charge in [-0.05, 0) is 63.5 Å². The lowest BCUT2D eigenvalue weighted by molar-refractivity contribution is 0.186. The van der Waals surface area contributed by atoms with E-state index >= 15 is 0 Å². The Hall–Kier alpha value is -2.93. The Kier molecular flexibility index (Phi) is 8.00. The van der Waals surface area contributed by atoms with Crippen LogP contribution in [0.5, 0.6) is 11.6 Å². The van der Waals surface area contributed by atoms with E-state index in [9.17, 15) is 4.79 Å². The molecule has 0 aliphatic carbocycles. The standard InChI is InChI=1S/C24H32N4O3/c1-5-7-13-25-14-12-19(6-2)31-20-10-8-18(9-11-20)28-17(3)27-22-16-26-23(30-4)15-21(22)24(28)29/h8-11,15-16,19,25H,5-7,12-14H2,1-4H3. The van der Waals surface area contributed by atoms with Gasteiger partial charge in [-0.15, -0.1) is 0 Å². The summed E-state index contributed by atoms with van der Waals surface area (Å²) in [6.45, 7) is 8.15. The van der Waals surface area contributed by atoms with E-state index in [0.29, 0.717) is 22.6 Å². The first-order chi connectivity index (χ1) is 15.1. The molecule has 7 heteroatoms. The van der Waals surface area contributed by atoms with Crippen LogP contribution in [-0.4, -0.2) is 40.8 Å². The fourth-order valence-electron chi connectivity index (χ4n) is 3.50. The van der Waals surface area contributed by atoms with Crippen molar-refractivity contribution in [3.8, 4) is 17.3 Å². The fourth-order valence-corrected chi connectivity index (χ4v) is 3.50. The summed E-state index contributed by atoms with van der Waals surface area (Å²) >= 11 is 0. The van der Waals surface area contributed by atoms with Crippen molar-refractivity contribution in [3.05, 3.63) is 52.7 Å². The molecule has 1 atom stereocenters. The second-order valence-corrected chi connectivity index (χ2v) is 7.58. The van der Waals surface area contributed by atoms with Gasteiger partial charge in [0.15, 0.2) is 0 Å². The van der Waals surface area contributed by atoms with Crippen molar-refractivity contribution in [1.82, 2.24) is 19.9 Å². The third-order valence-electron chi connectivity index (χ3n) is 5.31. The van der Waals surface area contributed by atoms with Gasteiger partial charge in [-0.1, -0.05) is 20.3 Å². The highest BCUT2D eigenvalue weighted by Crippen LogP contribution is 2.20.